The number of nitrogens with one attached hydrogen (secondary N) is 9. The van der Waals surface area contributed by atoms with Gasteiger partial charge >= 0.3 is 0 Å². The number of carbonyl (C=O) groups excluding carboxylic acids is 3. The zero-order chi connectivity index (χ0) is 39.4. The van der Waals surface area contributed by atoms with Gasteiger partial charge in [0.1, 0.15) is 0 Å². The molecule has 15 N–H and O–H groups in total. The standard InChI is InChI=1S/C36H39N15O3/c1-19(52)22-4-10-28(11-5-22)43-31(46-49-34(37)38)25-16-26(32(47-50-35(39)40)44-29-12-6-23(7-13-29)20(2)53)18-27(17-25)33(48-51-36(41)42)45-30-14-8-24(9-15-30)21(3)54/h4-18H,1-3H3,(H,43,46)(H,44,47)(H,45,48)(H4,37,38,49)(H4,39,40,50)(H4,41,42,51). The number of guanidine groups is 3. The van der Waals surface area contributed by atoms with Gasteiger partial charge in [0.25, 0.3) is 0 Å². The van der Waals surface area contributed by atoms with E-state index in [1.807, 2.05) is 0 Å². The van der Waals surface area contributed by atoms with E-state index in [0.29, 0.717) is 50.4 Å². The summed E-state index contributed by atoms with van der Waals surface area (Å²) < 4.78 is 0. The van der Waals surface area contributed by atoms with Crippen molar-refractivity contribution < 1.29 is 14.4 Å². The quantitative estimate of drug-likeness (QED) is 0.0433. The zero-order valence-electron chi connectivity index (χ0n) is 29.5. The molecule has 4 aromatic rings. The van der Waals surface area contributed by atoms with Crippen LogP contribution in [0.25, 0.3) is 0 Å². The molecule has 54 heavy (non-hydrogen) atoms. The molecule has 0 saturated carbocycles. The Balaban J connectivity index is 1.95. The summed E-state index contributed by atoms with van der Waals surface area (Å²) in [6, 6.07) is 24.9. The van der Waals surface area contributed by atoms with Gasteiger partial charge in [0.15, 0.2) is 34.9 Å². The fourth-order valence-electron chi connectivity index (χ4n) is 4.66. The number of carbonyl (C=O) groups is 3. The third-order valence-corrected chi connectivity index (χ3v) is 7.28. The molecule has 0 saturated heterocycles. The molecule has 18 nitrogen and oxygen atoms in total. The average Bonchev–Trinajstić information content (AvgIpc) is 3.13. The molecule has 4 aromatic carbocycles. The molecule has 4 rings (SSSR count). The summed E-state index contributed by atoms with van der Waals surface area (Å²) in [4.78, 5) is 35.8. The second-order valence-corrected chi connectivity index (χ2v) is 11.5. The number of rotatable bonds is 12. The summed E-state index contributed by atoms with van der Waals surface area (Å²) in [5.41, 5.74) is 28.4. The lowest BCUT2D eigenvalue weighted by atomic mass is 10.0. The predicted octanol–water partition coefficient (Wildman–Crippen LogP) is 3.06. The number of nitrogens with two attached hydrogens (primary N) is 3. The molecule has 0 aromatic heterocycles. The van der Waals surface area contributed by atoms with Crippen LogP contribution in [0.4, 0.5) is 17.1 Å². The van der Waals surface area contributed by atoms with Crippen LogP contribution >= 0.6 is 0 Å². The van der Waals surface area contributed by atoms with Crippen molar-refractivity contribution in [3.05, 3.63) is 124 Å². The molecule has 0 bridgehead atoms. The highest BCUT2D eigenvalue weighted by Gasteiger charge is 2.17. The third kappa shape index (κ3) is 11.3. The number of hydrogen-bond acceptors (Lipinski definition) is 9. The van der Waals surface area contributed by atoms with Gasteiger partial charge in [-0.25, -0.2) is 16.3 Å². The van der Waals surface area contributed by atoms with Crippen LogP contribution in [0.15, 0.2) is 106 Å². The number of benzene rings is 4. The van der Waals surface area contributed by atoms with Gasteiger partial charge < -0.3 is 33.2 Å². The van der Waals surface area contributed by atoms with Crippen molar-refractivity contribution in [3.63, 3.8) is 0 Å². The van der Waals surface area contributed by atoms with Gasteiger partial charge in [0.05, 0.1) is 0 Å². The minimum Gasteiger partial charge on any atom is -0.369 e. The summed E-state index contributed by atoms with van der Waals surface area (Å²) in [5.74, 6) is -1.26. The van der Waals surface area contributed by atoms with Crippen LogP contribution in [0, 0.1) is 16.2 Å². The molecule has 0 unspecified atom stereocenters. The Morgan fingerprint density at radius 3 is 0.833 bits per heavy atom. The van der Waals surface area contributed by atoms with Crippen LogP contribution in [-0.2, 0) is 0 Å². The van der Waals surface area contributed by atoms with E-state index in [-0.39, 0.29) is 34.9 Å². The Morgan fingerprint density at radius 2 is 0.648 bits per heavy atom. The predicted molar refractivity (Wildman–Crippen MR) is 211 cm³/mol. The largest absolute Gasteiger partial charge is 0.369 e. The third-order valence-electron chi connectivity index (χ3n) is 7.28. The molecule has 0 heterocycles. The lowest BCUT2D eigenvalue weighted by Crippen LogP contribution is -2.31. The van der Waals surface area contributed by atoms with Crippen LogP contribution in [0.1, 0.15) is 68.5 Å². The van der Waals surface area contributed by atoms with Gasteiger partial charge in [-0.15, -0.1) is 0 Å². The van der Waals surface area contributed by atoms with Gasteiger partial charge in [0.2, 0.25) is 17.9 Å². The first-order valence-electron chi connectivity index (χ1n) is 16.0. The molecule has 0 spiro atoms. The molecule has 0 fully saturated rings. The normalized spacial score (nSPS) is 11.5. The van der Waals surface area contributed by atoms with Crippen LogP contribution in [-0.4, -0.2) is 52.7 Å². The topological polar surface area (TPSA) is 310 Å². The fraction of sp³-hybridized carbons (Fsp3) is 0.0833. The maximum atomic E-state index is 11.9. The molecule has 0 amide bonds. The van der Waals surface area contributed by atoms with Crippen molar-refractivity contribution >= 4 is 69.8 Å². The molecule has 0 aliphatic heterocycles. The van der Waals surface area contributed by atoms with E-state index >= 15 is 0 Å². The van der Waals surface area contributed by atoms with E-state index in [4.69, 9.17) is 33.4 Å². The molecule has 0 radical (unpaired) electrons. The van der Waals surface area contributed by atoms with Crippen molar-refractivity contribution in [1.29, 1.82) is 16.2 Å². The molecule has 18 heteroatoms. The van der Waals surface area contributed by atoms with Crippen molar-refractivity contribution in [1.82, 2.24) is 16.3 Å². The van der Waals surface area contributed by atoms with Crippen molar-refractivity contribution in [3.8, 4) is 0 Å². The first kappa shape index (κ1) is 38.9. The number of amidine groups is 3. The highest BCUT2D eigenvalue weighted by Crippen LogP contribution is 2.20. The number of Topliss-reactive ketones (excluding diaryl/α,β-unsaturated/α-hetero) is 3. The van der Waals surface area contributed by atoms with Gasteiger partial charge in [-0.05, 0) is 112 Å². The lowest BCUT2D eigenvalue weighted by molar-refractivity contribution is 0.100. The minimum absolute atomic E-state index is 0.116. The van der Waals surface area contributed by atoms with Crippen molar-refractivity contribution in [2.75, 3.05) is 16.0 Å². The number of hydrazone groups is 3. The molecule has 0 aliphatic carbocycles. The molecular weight excluding hydrogens is 690 g/mol. The minimum atomic E-state index is -0.454. The average molecular weight is 730 g/mol. The Kier molecular flexibility index (Phi) is 12.9. The number of ketones is 3. The van der Waals surface area contributed by atoms with Gasteiger partial charge in [-0.1, -0.05) is 0 Å². The fourth-order valence-corrected chi connectivity index (χ4v) is 4.66. The zero-order valence-corrected chi connectivity index (χ0v) is 29.5. The Bertz CT molecular complexity index is 1920. The summed E-state index contributed by atoms with van der Waals surface area (Å²) in [5, 5.41) is 45.8. The maximum absolute atomic E-state index is 11.9. The van der Waals surface area contributed by atoms with E-state index in [1.54, 1.807) is 91.0 Å². The molecular formula is C36H39N15O3. The Morgan fingerprint density at radius 1 is 0.426 bits per heavy atom. The van der Waals surface area contributed by atoms with Crippen molar-refractivity contribution in [2.24, 2.45) is 32.5 Å². The highest BCUT2D eigenvalue weighted by molar-refractivity contribution is 6.17. The summed E-state index contributed by atoms with van der Waals surface area (Å²) in [7, 11) is 0. The summed E-state index contributed by atoms with van der Waals surface area (Å²) in [6.45, 7) is 4.37. The van der Waals surface area contributed by atoms with Gasteiger partial charge in [-0.3, -0.25) is 30.6 Å². The number of hydrogen-bond donors (Lipinski definition) is 12. The first-order valence-corrected chi connectivity index (χ1v) is 16.0. The summed E-state index contributed by atoms with van der Waals surface area (Å²) in [6.07, 6.45) is 0. The number of nitrogens with zero attached hydrogens (tertiary/aromatic N) is 3. The maximum Gasteiger partial charge on any atom is 0.206 e. The van der Waals surface area contributed by atoms with Crippen LogP contribution in [0.5, 0.6) is 0 Å². The lowest BCUT2D eigenvalue weighted by Gasteiger charge is -2.18. The van der Waals surface area contributed by atoms with Crippen LogP contribution in [0.3, 0.4) is 0 Å². The van der Waals surface area contributed by atoms with Gasteiger partial charge in [-0.2, -0.15) is 15.3 Å². The van der Waals surface area contributed by atoms with E-state index < -0.39 is 17.9 Å². The Hall–Kier alpha value is -7.89. The first-order chi connectivity index (χ1) is 25.7. The monoisotopic (exact) mass is 729 g/mol. The molecule has 276 valence electrons. The summed E-state index contributed by atoms with van der Waals surface area (Å²) >= 11 is 0. The van der Waals surface area contributed by atoms with E-state index in [2.05, 4.69) is 47.5 Å². The van der Waals surface area contributed by atoms with Crippen LogP contribution < -0.4 is 49.4 Å². The van der Waals surface area contributed by atoms with Crippen molar-refractivity contribution in [2.45, 2.75) is 20.8 Å². The van der Waals surface area contributed by atoms with E-state index in [1.165, 1.54) is 20.8 Å². The molecule has 0 atom stereocenters. The second kappa shape index (κ2) is 17.9. The second-order valence-electron chi connectivity index (χ2n) is 11.5. The highest BCUT2D eigenvalue weighted by atomic mass is 16.1. The SMILES string of the molecule is CC(=O)c1ccc(NC(=NNC(=N)N)c2cc(C(=NNC(=N)N)Nc3ccc(C(C)=O)cc3)cc(C(=NNC(=N)N)Nc3ccc(C(C)=O)cc3)c2)cc1. The Labute approximate surface area is 309 Å². The van der Waals surface area contributed by atoms with E-state index in [0.717, 1.165) is 0 Å². The van der Waals surface area contributed by atoms with Gasteiger partial charge in [0, 0.05) is 50.4 Å². The smallest absolute Gasteiger partial charge is 0.206 e. The molecule has 0 aliphatic rings. The van der Waals surface area contributed by atoms with E-state index in [9.17, 15) is 14.4 Å². The number of anilines is 3. The van der Waals surface area contributed by atoms with Crippen LogP contribution in [0.2, 0.25) is 0 Å².